The molecule has 0 bridgehead atoms. The number of aliphatic hydroxyl groups excluding tert-OH is 1. The third kappa shape index (κ3) is 18.0. The van der Waals surface area contributed by atoms with Crippen molar-refractivity contribution in [1.82, 2.24) is 15.1 Å². The lowest BCUT2D eigenvalue weighted by Crippen LogP contribution is -2.55. The molecule has 3 N–H and O–H groups in total. The summed E-state index contributed by atoms with van der Waals surface area (Å²) < 4.78 is 10.7. The van der Waals surface area contributed by atoms with Gasteiger partial charge in [0.05, 0.1) is 11.9 Å². The van der Waals surface area contributed by atoms with Crippen molar-refractivity contribution < 1.29 is 29.3 Å². The molecule has 2 atom stereocenters. The van der Waals surface area contributed by atoms with E-state index in [0.717, 1.165) is 36.0 Å². The number of rotatable bonds is 3. The van der Waals surface area contributed by atoms with Crippen LogP contribution in [-0.4, -0.2) is 94.1 Å². The number of benzene rings is 3. The number of alkyl halides is 2. The fraction of sp³-hybridized carbons (Fsp3) is 0.455. The Balaban J connectivity index is 0.000000300. The fourth-order valence-corrected chi connectivity index (χ4v) is 6.50. The van der Waals surface area contributed by atoms with Gasteiger partial charge in [-0.1, -0.05) is 83.4 Å². The van der Waals surface area contributed by atoms with Crippen molar-refractivity contribution in [3.63, 3.8) is 0 Å². The van der Waals surface area contributed by atoms with Crippen LogP contribution in [0.25, 0.3) is 11.1 Å². The van der Waals surface area contributed by atoms with Crippen LogP contribution in [0.1, 0.15) is 77.5 Å². The highest BCUT2D eigenvalue weighted by Crippen LogP contribution is 2.34. The number of hydrogen-bond donors (Lipinski definition) is 3. The Bertz CT molecular complexity index is 1810. The maximum Gasteiger partial charge on any atom is 0.410 e. The predicted molar refractivity (Wildman–Crippen MR) is 246 cm³/mol. The molecule has 0 spiro atoms. The number of nitrogens with one attached hydrogen (secondary N) is 1. The van der Waals surface area contributed by atoms with Gasteiger partial charge in [-0.25, -0.2) is 9.59 Å². The number of aliphatic hydroxyl groups is 2. The molecule has 0 unspecified atom stereocenters. The second-order valence-electron chi connectivity index (χ2n) is 15.8. The summed E-state index contributed by atoms with van der Waals surface area (Å²) in [7, 11) is 0. The van der Waals surface area contributed by atoms with Crippen molar-refractivity contribution in [3.05, 3.63) is 117 Å². The maximum atomic E-state index is 12.0. The fourth-order valence-electron chi connectivity index (χ4n) is 6.13. The van der Waals surface area contributed by atoms with Gasteiger partial charge in [-0.15, -0.1) is 35.6 Å². The molecule has 0 aromatic heterocycles. The number of β-amino-alcohol motifs (C(OH)–C–C–N with tert-alkyl or cyclic N) is 1. The number of ether oxygens (including phenoxy) is 2. The number of carbonyl (C=O) groups is 2. The lowest BCUT2D eigenvalue weighted by atomic mass is 9.82. The Kier molecular flexibility index (Phi) is 21.9. The standard InChI is InChI=1S/C16H22ClNO4.C16H20ClNO2.C11H12ClN.CH2Cl2.ClH/c1-15(2,3)22-14(20)18-9-8-16(21,13(19)10-18)11-4-6-12(17)7-5-11;1-16(2,3)20-15(19)18-10-8-13(9-11-18)12-4-6-14(17)7-5-12;12-11-3-1-9(2-4-11)10-5-7-13-8-6-10;2-1-3;/h4-7,13,19,21H,8-10H2,1-3H3;4-8H,9-11H2,1-3H3;1-5,13H,6-8H2;1H2;1H/t13-,16-;;;;/m1..../s1. The summed E-state index contributed by atoms with van der Waals surface area (Å²) >= 11 is 27.1. The molecule has 3 aliphatic heterocycles. The van der Waals surface area contributed by atoms with Gasteiger partial charge < -0.3 is 34.8 Å². The van der Waals surface area contributed by atoms with E-state index in [0.29, 0.717) is 30.2 Å². The van der Waals surface area contributed by atoms with Crippen LogP contribution in [0.15, 0.2) is 84.9 Å². The van der Waals surface area contributed by atoms with Gasteiger partial charge >= 0.3 is 12.2 Å². The summed E-state index contributed by atoms with van der Waals surface area (Å²) in [6.07, 6.45) is 4.68. The summed E-state index contributed by atoms with van der Waals surface area (Å²) in [6.45, 7) is 14.7. The van der Waals surface area contributed by atoms with Gasteiger partial charge in [-0.2, -0.15) is 0 Å². The first kappa shape index (κ1) is 52.4. The average Bonchev–Trinajstić information content (AvgIpc) is 3.17. The number of halogens is 6. The molecule has 3 heterocycles. The molecule has 0 saturated carbocycles. The quantitative estimate of drug-likeness (QED) is 0.224. The zero-order valence-electron chi connectivity index (χ0n) is 34.5. The topological polar surface area (TPSA) is 112 Å². The summed E-state index contributed by atoms with van der Waals surface area (Å²) in [6, 6.07) is 22.6. The number of carbonyl (C=O) groups excluding carboxylic acids is 2. The van der Waals surface area contributed by atoms with E-state index in [-0.39, 0.29) is 36.8 Å². The van der Waals surface area contributed by atoms with Crippen LogP contribution in [0, 0.1) is 0 Å². The molecule has 6 rings (SSSR count). The van der Waals surface area contributed by atoms with E-state index in [2.05, 4.69) is 29.6 Å². The van der Waals surface area contributed by atoms with Gasteiger partial charge in [0.15, 0.2) is 0 Å². The molecular formula is C44H57Cl6N3O6. The van der Waals surface area contributed by atoms with Gasteiger partial charge in [0.25, 0.3) is 0 Å². The molecule has 3 aromatic rings. The average molecular weight is 937 g/mol. The van der Waals surface area contributed by atoms with Gasteiger partial charge in [-0.3, -0.25) is 0 Å². The number of likely N-dealkylation sites (tertiary alicyclic amines) is 1. The van der Waals surface area contributed by atoms with Crippen molar-refractivity contribution in [1.29, 1.82) is 0 Å². The molecule has 3 aromatic carbocycles. The van der Waals surface area contributed by atoms with E-state index in [1.54, 1.807) is 49.9 Å². The van der Waals surface area contributed by atoms with E-state index in [9.17, 15) is 19.8 Å². The van der Waals surface area contributed by atoms with E-state index in [1.165, 1.54) is 27.2 Å². The lowest BCUT2D eigenvalue weighted by Gasteiger charge is -2.42. The maximum absolute atomic E-state index is 12.0. The van der Waals surface area contributed by atoms with Gasteiger partial charge in [0.2, 0.25) is 0 Å². The highest BCUT2D eigenvalue weighted by molar-refractivity contribution is 6.40. The van der Waals surface area contributed by atoms with Crippen LogP contribution in [0.2, 0.25) is 15.1 Å². The summed E-state index contributed by atoms with van der Waals surface area (Å²) in [5.74, 6) is 0. The number of amides is 2. The largest absolute Gasteiger partial charge is 0.444 e. The Hall–Kier alpha value is -2.70. The van der Waals surface area contributed by atoms with E-state index in [1.807, 2.05) is 57.2 Å². The molecule has 2 amide bonds. The van der Waals surface area contributed by atoms with Crippen molar-refractivity contribution in [2.75, 3.05) is 44.6 Å². The van der Waals surface area contributed by atoms with Crippen LogP contribution >= 0.6 is 70.4 Å². The molecule has 0 aliphatic carbocycles. The molecular weight excluding hydrogens is 879 g/mol. The highest BCUT2D eigenvalue weighted by Gasteiger charge is 2.44. The van der Waals surface area contributed by atoms with Crippen LogP contribution in [-0.2, 0) is 15.1 Å². The van der Waals surface area contributed by atoms with Crippen LogP contribution in [0.3, 0.4) is 0 Å². The van der Waals surface area contributed by atoms with Gasteiger partial charge in [-0.05, 0) is 125 Å². The van der Waals surface area contributed by atoms with Crippen LogP contribution in [0.4, 0.5) is 9.59 Å². The third-order valence-electron chi connectivity index (χ3n) is 9.06. The summed E-state index contributed by atoms with van der Waals surface area (Å²) in [4.78, 5) is 27.1. The second kappa shape index (κ2) is 24.7. The Morgan fingerprint density at radius 3 is 1.56 bits per heavy atom. The van der Waals surface area contributed by atoms with Crippen molar-refractivity contribution in [2.24, 2.45) is 0 Å². The molecule has 1 saturated heterocycles. The normalized spacial score (nSPS) is 19.0. The molecule has 59 heavy (non-hydrogen) atoms. The minimum absolute atomic E-state index is 0. The number of piperidine rings is 1. The predicted octanol–water partition coefficient (Wildman–Crippen LogP) is 11.5. The summed E-state index contributed by atoms with van der Waals surface area (Å²) in [5, 5.41) is 26.7. The van der Waals surface area contributed by atoms with E-state index in [4.69, 9.17) is 67.5 Å². The van der Waals surface area contributed by atoms with Crippen LogP contribution < -0.4 is 5.32 Å². The van der Waals surface area contributed by atoms with Crippen LogP contribution in [0.5, 0.6) is 0 Å². The number of nitrogens with zero attached hydrogens (tertiary/aromatic N) is 2. The smallest absolute Gasteiger partial charge is 0.410 e. The second-order valence-corrected chi connectivity index (χ2v) is 17.9. The molecule has 1 fully saturated rings. The first-order valence-corrected chi connectivity index (χ1v) is 21.3. The SMILES string of the molecule is CC(C)(C)OC(=O)N1CC=C(c2ccc(Cl)cc2)CC1.CC(C)(C)OC(=O)N1CC[C@@](O)(c2ccc(Cl)cc2)[C@H](O)C1.Cl.ClCCl.Clc1ccc(C2=CCNCC2)cc1. The van der Waals surface area contributed by atoms with E-state index < -0.39 is 29.0 Å². The third-order valence-corrected chi connectivity index (χ3v) is 9.81. The first-order valence-electron chi connectivity index (χ1n) is 19.1. The summed E-state index contributed by atoms with van der Waals surface area (Å²) in [5.41, 5.74) is 3.31. The Labute approximate surface area is 381 Å². The molecule has 326 valence electrons. The molecule has 0 radical (unpaired) electrons. The molecule has 9 nitrogen and oxygen atoms in total. The first-order chi connectivity index (χ1) is 27.2. The highest BCUT2D eigenvalue weighted by atomic mass is 35.5. The van der Waals surface area contributed by atoms with Crippen molar-refractivity contribution in [3.8, 4) is 0 Å². The minimum Gasteiger partial charge on any atom is -0.444 e. The van der Waals surface area contributed by atoms with Gasteiger partial charge in [0.1, 0.15) is 22.9 Å². The van der Waals surface area contributed by atoms with E-state index >= 15 is 0 Å². The number of hydrogen-bond acceptors (Lipinski definition) is 7. The Morgan fingerprint density at radius 2 is 1.17 bits per heavy atom. The van der Waals surface area contributed by atoms with Crippen molar-refractivity contribution >= 4 is 93.7 Å². The zero-order chi connectivity index (χ0) is 43.1. The zero-order valence-corrected chi connectivity index (χ0v) is 39.0. The molecule has 3 aliphatic rings. The monoisotopic (exact) mass is 933 g/mol. The van der Waals surface area contributed by atoms with Crippen molar-refractivity contribution in [2.45, 2.75) is 83.7 Å². The minimum atomic E-state index is -1.39. The lowest BCUT2D eigenvalue weighted by molar-refractivity contribution is -0.123. The Morgan fingerprint density at radius 1 is 0.729 bits per heavy atom. The van der Waals surface area contributed by atoms with Gasteiger partial charge in [0, 0.05) is 47.7 Å². The molecule has 15 heteroatoms.